The molecule has 6 nitrogen and oxygen atoms in total. The number of carbonyl (C=O) groups excluding carboxylic acids is 1. The van der Waals surface area contributed by atoms with Crippen molar-refractivity contribution in [3.8, 4) is 6.07 Å². The number of rotatable bonds is 3. The monoisotopic (exact) mass is 295 g/mol. The van der Waals surface area contributed by atoms with Gasteiger partial charge in [-0.15, -0.1) is 0 Å². The zero-order chi connectivity index (χ0) is 16.1. The Kier molecular flexibility index (Phi) is 4.39. The Morgan fingerprint density at radius 1 is 1.09 bits per heavy atom. The van der Waals surface area contributed by atoms with Crippen molar-refractivity contribution in [2.75, 3.05) is 10.6 Å². The SMILES string of the molecule is Cc1ccc(NC(=O)Nc2ccc(C#N)cc2)c(C(=O)O)c1. The van der Waals surface area contributed by atoms with Crippen LogP contribution in [0.4, 0.5) is 16.2 Å². The molecular formula is C16H13N3O3. The molecule has 2 aromatic carbocycles. The lowest BCUT2D eigenvalue weighted by Crippen LogP contribution is -2.21. The summed E-state index contributed by atoms with van der Waals surface area (Å²) in [4.78, 5) is 23.1. The maximum atomic E-state index is 11.9. The van der Waals surface area contributed by atoms with E-state index in [9.17, 15) is 9.59 Å². The molecule has 0 fully saturated rings. The lowest BCUT2D eigenvalue weighted by molar-refractivity contribution is 0.0698. The van der Waals surface area contributed by atoms with Gasteiger partial charge in [0.25, 0.3) is 0 Å². The molecule has 0 saturated heterocycles. The predicted octanol–water partition coefficient (Wildman–Crippen LogP) is 3.21. The predicted molar refractivity (Wildman–Crippen MR) is 81.9 cm³/mol. The number of nitrogens with one attached hydrogen (secondary N) is 2. The number of carbonyl (C=O) groups is 2. The van der Waals surface area contributed by atoms with Gasteiger partial charge in [-0.2, -0.15) is 5.26 Å². The van der Waals surface area contributed by atoms with Gasteiger partial charge in [0.1, 0.15) is 0 Å². The molecule has 0 aliphatic carbocycles. The summed E-state index contributed by atoms with van der Waals surface area (Å²) in [6.45, 7) is 1.77. The molecular weight excluding hydrogens is 282 g/mol. The zero-order valence-corrected chi connectivity index (χ0v) is 11.8. The van der Waals surface area contributed by atoms with Crippen molar-refractivity contribution in [2.24, 2.45) is 0 Å². The summed E-state index contributed by atoms with van der Waals surface area (Å²) in [6.07, 6.45) is 0. The fourth-order valence-electron chi connectivity index (χ4n) is 1.86. The van der Waals surface area contributed by atoms with Gasteiger partial charge in [-0.1, -0.05) is 11.6 Å². The maximum absolute atomic E-state index is 11.9. The number of aromatic carboxylic acids is 1. The van der Waals surface area contributed by atoms with Crippen molar-refractivity contribution in [2.45, 2.75) is 6.92 Å². The minimum Gasteiger partial charge on any atom is -0.478 e. The lowest BCUT2D eigenvalue weighted by atomic mass is 10.1. The maximum Gasteiger partial charge on any atom is 0.337 e. The number of carboxylic acid groups (broad SMARTS) is 1. The molecule has 2 rings (SSSR count). The van der Waals surface area contributed by atoms with Crippen LogP contribution in [0.1, 0.15) is 21.5 Å². The van der Waals surface area contributed by atoms with Crippen molar-refractivity contribution in [1.82, 2.24) is 0 Å². The van der Waals surface area contributed by atoms with E-state index in [1.165, 1.54) is 12.1 Å². The average Bonchev–Trinajstić information content (AvgIpc) is 2.49. The summed E-state index contributed by atoms with van der Waals surface area (Å²) >= 11 is 0. The fourth-order valence-corrected chi connectivity index (χ4v) is 1.86. The minimum atomic E-state index is -1.11. The van der Waals surface area contributed by atoms with Crippen LogP contribution in [0.15, 0.2) is 42.5 Å². The number of carboxylic acids is 1. The molecule has 6 heteroatoms. The first kappa shape index (κ1) is 15.1. The average molecular weight is 295 g/mol. The molecule has 0 unspecified atom stereocenters. The quantitative estimate of drug-likeness (QED) is 0.809. The molecule has 0 spiro atoms. The summed E-state index contributed by atoms with van der Waals surface area (Å²) in [5, 5.41) is 22.9. The standard InChI is InChI=1S/C16H13N3O3/c1-10-2-7-14(13(8-10)15(20)21)19-16(22)18-12-5-3-11(9-17)4-6-12/h2-8H,1H3,(H,20,21)(H2,18,19,22). The molecule has 2 amide bonds. The van der Waals surface area contributed by atoms with Crippen LogP contribution in [-0.2, 0) is 0 Å². The topological polar surface area (TPSA) is 102 Å². The summed E-state index contributed by atoms with van der Waals surface area (Å²) < 4.78 is 0. The summed E-state index contributed by atoms with van der Waals surface area (Å²) in [7, 11) is 0. The molecule has 3 N–H and O–H groups in total. The van der Waals surface area contributed by atoms with E-state index in [4.69, 9.17) is 10.4 Å². The van der Waals surface area contributed by atoms with Crippen molar-refractivity contribution in [3.63, 3.8) is 0 Å². The highest BCUT2D eigenvalue weighted by Gasteiger charge is 2.12. The van der Waals surface area contributed by atoms with Gasteiger partial charge in [0.05, 0.1) is 22.9 Å². The number of anilines is 2. The molecule has 0 heterocycles. The van der Waals surface area contributed by atoms with Gasteiger partial charge in [0.15, 0.2) is 0 Å². The Bertz CT molecular complexity index is 761. The van der Waals surface area contributed by atoms with E-state index in [1.807, 2.05) is 6.07 Å². The number of nitrogens with zero attached hydrogens (tertiary/aromatic N) is 1. The first-order chi connectivity index (χ1) is 10.5. The first-order valence-electron chi connectivity index (χ1n) is 6.41. The van der Waals surface area contributed by atoms with Crippen LogP contribution in [-0.4, -0.2) is 17.1 Å². The van der Waals surface area contributed by atoms with Gasteiger partial charge in [-0.25, -0.2) is 9.59 Å². The molecule has 0 radical (unpaired) electrons. The third kappa shape index (κ3) is 3.61. The Morgan fingerprint density at radius 3 is 2.36 bits per heavy atom. The van der Waals surface area contributed by atoms with Crippen molar-refractivity contribution in [3.05, 3.63) is 59.2 Å². The number of urea groups is 1. The molecule has 0 aliphatic rings. The third-order valence-corrected chi connectivity index (χ3v) is 2.93. The number of aryl methyl sites for hydroxylation is 1. The van der Waals surface area contributed by atoms with Crippen LogP contribution in [0.25, 0.3) is 0 Å². The Balaban J connectivity index is 2.12. The minimum absolute atomic E-state index is 0.0231. The van der Waals surface area contributed by atoms with Crippen molar-refractivity contribution < 1.29 is 14.7 Å². The molecule has 2 aromatic rings. The highest BCUT2D eigenvalue weighted by molar-refractivity contribution is 6.04. The molecule has 0 aromatic heterocycles. The van der Waals surface area contributed by atoms with E-state index < -0.39 is 12.0 Å². The second-order valence-electron chi connectivity index (χ2n) is 4.62. The molecule has 0 saturated carbocycles. The summed E-state index contributed by atoms with van der Waals surface area (Å²) in [6, 6.07) is 12.5. The zero-order valence-electron chi connectivity index (χ0n) is 11.8. The van der Waals surface area contributed by atoms with Crippen molar-refractivity contribution in [1.29, 1.82) is 5.26 Å². The first-order valence-corrected chi connectivity index (χ1v) is 6.41. The number of hydrogen-bond donors (Lipinski definition) is 3. The van der Waals surface area contributed by atoms with Crippen LogP contribution >= 0.6 is 0 Å². The summed E-state index contributed by atoms with van der Waals surface area (Å²) in [5.41, 5.74) is 2.01. The molecule has 0 atom stereocenters. The van der Waals surface area contributed by atoms with Gasteiger partial charge < -0.3 is 15.7 Å². The molecule has 0 bridgehead atoms. The van der Waals surface area contributed by atoms with Crippen LogP contribution in [0.2, 0.25) is 0 Å². The second-order valence-corrected chi connectivity index (χ2v) is 4.62. The number of nitriles is 1. The smallest absolute Gasteiger partial charge is 0.337 e. The van der Waals surface area contributed by atoms with Crippen LogP contribution in [0.3, 0.4) is 0 Å². The fraction of sp³-hybridized carbons (Fsp3) is 0.0625. The Hall–Kier alpha value is -3.33. The van der Waals surface area contributed by atoms with Crippen LogP contribution in [0.5, 0.6) is 0 Å². The highest BCUT2D eigenvalue weighted by atomic mass is 16.4. The normalized spacial score (nSPS) is 9.64. The Morgan fingerprint density at radius 2 is 1.77 bits per heavy atom. The van der Waals surface area contributed by atoms with E-state index >= 15 is 0 Å². The summed E-state index contributed by atoms with van der Waals surface area (Å²) in [5.74, 6) is -1.11. The van der Waals surface area contributed by atoms with E-state index in [0.29, 0.717) is 11.3 Å². The lowest BCUT2D eigenvalue weighted by Gasteiger charge is -2.10. The number of amides is 2. The van der Waals surface area contributed by atoms with Gasteiger partial charge in [0.2, 0.25) is 0 Å². The van der Waals surface area contributed by atoms with E-state index in [1.54, 1.807) is 37.3 Å². The van der Waals surface area contributed by atoms with E-state index in [0.717, 1.165) is 5.56 Å². The third-order valence-electron chi connectivity index (χ3n) is 2.93. The largest absolute Gasteiger partial charge is 0.478 e. The van der Waals surface area contributed by atoms with Crippen LogP contribution < -0.4 is 10.6 Å². The molecule has 110 valence electrons. The van der Waals surface area contributed by atoms with Crippen LogP contribution in [0, 0.1) is 18.3 Å². The molecule has 0 aliphatic heterocycles. The van der Waals surface area contributed by atoms with E-state index in [2.05, 4.69) is 10.6 Å². The van der Waals surface area contributed by atoms with Gasteiger partial charge in [-0.05, 0) is 43.3 Å². The number of hydrogen-bond acceptors (Lipinski definition) is 3. The number of benzene rings is 2. The van der Waals surface area contributed by atoms with E-state index in [-0.39, 0.29) is 11.3 Å². The second kappa shape index (κ2) is 6.41. The highest BCUT2D eigenvalue weighted by Crippen LogP contribution is 2.18. The van der Waals surface area contributed by atoms with Crippen molar-refractivity contribution >= 4 is 23.4 Å². The van der Waals surface area contributed by atoms with Gasteiger partial charge in [0, 0.05) is 5.69 Å². The van der Waals surface area contributed by atoms with Gasteiger partial charge in [-0.3, -0.25) is 0 Å². The molecule has 22 heavy (non-hydrogen) atoms. The van der Waals surface area contributed by atoms with Gasteiger partial charge >= 0.3 is 12.0 Å². The Labute approximate surface area is 127 Å².